The molecule has 0 saturated heterocycles. The number of nitrogens with zero attached hydrogens (tertiary/aromatic N) is 8. The van der Waals surface area contributed by atoms with E-state index in [1.807, 2.05) is 210 Å². The van der Waals surface area contributed by atoms with Gasteiger partial charge in [0.05, 0.1) is 89.1 Å². The first-order valence-electron chi connectivity index (χ1n) is 31.0. The summed E-state index contributed by atoms with van der Waals surface area (Å²) in [5, 5.41) is 53.4. The normalized spacial score (nSPS) is 11.9. The molecule has 0 aliphatic heterocycles. The van der Waals surface area contributed by atoms with Crippen molar-refractivity contribution < 1.29 is 13.2 Å². The highest BCUT2D eigenvalue weighted by atomic mass is 19.1. The van der Waals surface area contributed by atoms with Crippen molar-refractivity contribution in [1.29, 1.82) is 21.0 Å². The van der Waals surface area contributed by atoms with Crippen molar-refractivity contribution in [2.75, 3.05) is 0 Å². The number of hydrogen-bond acceptors (Lipinski definition) is 4. The van der Waals surface area contributed by atoms with Crippen LogP contribution in [-0.2, 0) is 0 Å². The summed E-state index contributed by atoms with van der Waals surface area (Å²) >= 11 is 0. The number of rotatable bonds is 9. The molecule has 13 aromatic carbocycles. The van der Waals surface area contributed by atoms with Gasteiger partial charge in [-0.3, -0.25) is 0 Å². The zero-order valence-corrected chi connectivity index (χ0v) is 50.6. The molecule has 17 aromatic rings. The highest BCUT2D eigenvalue weighted by Gasteiger charge is 2.30. The molecule has 0 spiro atoms. The van der Waals surface area contributed by atoms with Crippen molar-refractivity contribution >= 4 is 87.2 Å². The quantitative estimate of drug-likeness (QED) is 0.143. The zero-order valence-electron chi connectivity index (χ0n) is 50.6. The molecule has 4 aromatic heterocycles. The van der Waals surface area contributed by atoms with Gasteiger partial charge in [0.2, 0.25) is 0 Å². The third-order valence-corrected chi connectivity index (χ3v) is 19.0. The van der Waals surface area contributed by atoms with Gasteiger partial charge in [0.15, 0.2) is 0 Å². The maximum absolute atomic E-state index is 16.5. The van der Waals surface area contributed by atoms with Gasteiger partial charge in [-0.05, 0) is 124 Å². The van der Waals surface area contributed by atoms with Crippen LogP contribution in [0.5, 0.6) is 0 Å². The van der Waals surface area contributed by atoms with Crippen molar-refractivity contribution in [1.82, 2.24) is 18.3 Å². The summed E-state index contributed by atoms with van der Waals surface area (Å²) in [7, 11) is 0. The van der Waals surface area contributed by atoms with Crippen molar-refractivity contribution in [2.45, 2.75) is 12.8 Å². The Labute approximate surface area is 541 Å². The van der Waals surface area contributed by atoms with E-state index in [0.717, 1.165) is 98.9 Å². The summed E-state index contributed by atoms with van der Waals surface area (Å²) < 4.78 is 55.7. The Hall–Kier alpha value is -13.2. The Bertz CT molecular complexity index is 6170. The number of nitriles is 4. The second kappa shape index (κ2) is 21.8. The molecule has 0 aliphatic rings. The van der Waals surface area contributed by atoms with E-state index in [1.54, 1.807) is 12.1 Å². The van der Waals surface area contributed by atoms with Gasteiger partial charge < -0.3 is 18.3 Å². The lowest BCUT2D eigenvalue weighted by Crippen LogP contribution is -2.08. The topological polar surface area (TPSA) is 115 Å². The van der Waals surface area contributed by atoms with E-state index in [0.29, 0.717) is 61.6 Å². The van der Waals surface area contributed by atoms with Crippen molar-refractivity contribution in [3.05, 3.63) is 312 Å². The Balaban J connectivity index is 0.802. The molecule has 444 valence electrons. The fraction of sp³-hybridized carbons (Fsp3) is 0.0238. The molecular formula is C84H47F3N8. The molecule has 0 amide bonds. The third-order valence-electron chi connectivity index (χ3n) is 19.0. The molecule has 0 radical (unpaired) electrons. The lowest BCUT2D eigenvalue weighted by molar-refractivity contribution is 0.584. The zero-order chi connectivity index (χ0) is 64.3. The molecule has 0 bridgehead atoms. The van der Waals surface area contributed by atoms with Crippen molar-refractivity contribution in [3.8, 4) is 80.4 Å². The first-order valence-corrected chi connectivity index (χ1v) is 31.0. The van der Waals surface area contributed by atoms with E-state index in [1.165, 1.54) is 18.2 Å². The van der Waals surface area contributed by atoms with E-state index in [9.17, 15) is 21.0 Å². The summed E-state index contributed by atoms with van der Waals surface area (Å²) in [4.78, 5) is 0. The van der Waals surface area contributed by atoms with E-state index in [-0.39, 0.29) is 28.2 Å². The van der Waals surface area contributed by atoms with E-state index in [2.05, 4.69) is 63.7 Å². The summed E-state index contributed by atoms with van der Waals surface area (Å²) in [6, 6.07) is 91.3. The molecule has 0 aliphatic carbocycles. The number of fused-ring (bicyclic) bond motifs is 12. The number of aromatic nitrogens is 4. The molecule has 4 heterocycles. The highest BCUT2D eigenvalue weighted by molar-refractivity contribution is 6.14. The van der Waals surface area contributed by atoms with E-state index >= 15 is 13.2 Å². The first-order chi connectivity index (χ1) is 46.6. The molecule has 0 fully saturated rings. The van der Waals surface area contributed by atoms with Crippen LogP contribution in [-0.4, -0.2) is 18.3 Å². The van der Waals surface area contributed by atoms with Crippen molar-refractivity contribution in [2.24, 2.45) is 0 Å². The van der Waals surface area contributed by atoms with Crippen LogP contribution < -0.4 is 0 Å². The summed E-state index contributed by atoms with van der Waals surface area (Å²) in [5.74, 6) is -2.46. The van der Waals surface area contributed by atoms with Crippen molar-refractivity contribution in [3.63, 3.8) is 0 Å². The Morgan fingerprint density at radius 1 is 0.284 bits per heavy atom. The molecule has 8 nitrogen and oxygen atoms in total. The van der Waals surface area contributed by atoms with Crippen LogP contribution in [0.25, 0.3) is 143 Å². The average Bonchev–Trinajstić information content (AvgIpc) is 1.62. The molecule has 11 heteroatoms. The molecule has 1 unspecified atom stereocenters. The monoisotopic (exact) mass is 1220 g/mol. The highest BCUT2D eigenvalue weighted by Crippen LogP contribution is 2.47. The Kier molecular flexibility index (Phi) is 12.8. The first kappa shape index (κ1) is 55.8. The minimum Gasteiger partial charge on any atom is -0.308 e. The van der Waals surface area contributed by atoms with Gasteiger partial charge in [0, 0.05) is 66.2 Å². The number of benzene rings is 13. The van der Waals surface area contributed by atoms with Crippen LogP contribution >= 0.6 is 0 Å². The van der Waals surface area contributed by atoms with Gasteiger partial charge in [0.25, 0.3) is 0 Å². The fourth-order valence-corrected chi connectivity index (χ4v) is 14.9. The van der Waals surface area contributed by atoms with Gasteiger partial charge in [-0.15, -0.1) is 0 Å². The summed E-state index contributed by atoms with van der Waals surface area (Å²) in [6.07, 6.45) is 0. The standard InChI is InChI=1S/C84H47F3N8/c1-49(52-34-35-78-68(41-52)67-22-8-11-25-73(67)93(78)80-43-57(46-89)84(82(70(80)48-91)55-39-59(86)44-60(87)40-55)95-76-28-14-6-20-65(76)66-21-7-15-29-77(66)95)53-36-54(38-58(85)37-53)50-30-32-51(33-31-50)81-69(47-90)79(92-71-23-9-2-16-61(71)62-17-3-10-24-72(62)92)42-56(45-88)83(81)94-74-26-12-4-18-63(74)64-19-5-13-27-75(64)94/h2-44,49H,1H3. The number of para-hydroxylation sites is 7. The SMILES string of the molecule is CC(c1cc(F)cc(-c2ccc(-c3c(C#N)c(-n4c5ccccc5c5ccccc54)cc(C#N)c3-n3c4ccccc4c4ccccc43)cc2)c1)c1ccc2c(c1)c1ccccc1n2-c1cc(C#N)c(-n2c3ccccc3c3ccccc32)c(-c2cc(F)cc(F)c2)c1C#N. The predicted molar refractivity (Wildman–Crippen MR) is 373 cm³/mol. The van der Waals surface area contributed by atoms with Crippen LogP contribution in [0, 0.1) is 62.8 Å². The van der Waals surface area contributed by atoms with Gasteiger partial charge in [-0.25, -0.2) is 13.2 Å². The Morgan fingerprint density at radius 3 is 1.02 bits per heavy atom. The molecule has 0 saturated carbocycles. The van der Waals surface area contributed by atoms with Gasteiger partial charge in [-0.2, -0.15) is 21.0 Å². The van der Waals surface area contributed by atoms with Gasteiger partial charge in [0.1, 0.15) is 41.7 Å². The second-order valence-electron chi connectivity index (χ2n) is 24.0. The minimum atomic E-state index is -0.840. The molecule has 1 atom stereocenters. The summed E-state index contributed by atoms with van der Waals surface area (Å²) in [5.41, 5.74) is 13.7. The minimum absolute atomic E-state index is 0.0878. The van der Waals surface area contributed by atoms with Gasteiger partial charge >= 0.3 is 0 Å². The van der Waals surface area contributed by atoms with Crippen LogP contribution in [0.2, 0.25) is 0 Å². The number of hydrogen-bond donors (Lipinski definition) is 0. The van der Waals surface area contributed by atoms with Crippen LogP contribution in [0.4, 0.5) is 13.2 Å². The third kappa shape index (κ3) is 8.51. The van der Waals surface area contributed by atoms with Crippen LogP contribution in [0.3, 0.4) is 0 Å². The van der Waals surface area contributed by atoms with E-state index < -0.39 is 17.5 Å². The maximum Gasteiger partial charge on any atom is 0.126 e. The lowest BCUT2D eigenvalue weighted by Gasteiger charge is -2.21. The van der Waals surface area contributed by atoms with E-state index in [4.69, 9.17) is 0 Å². The molecular weight excluding hydrogens is 1180 g/mol. The van der Waals surface area contributed by atoms with Crippen LogP contribution in [0.1, 0.15) is 46.2 Å². The fourth-order valence-electron chi connectivity index (χ4n) is 14.9. The smallest absolute Gasteiger partial charge is 0.126 e. The molecule has 95 heavy (non-hydrogen) atoms. The molecule has 17 rings (SSSR count). The lowest BCUT2D eigenvalue weighted by atomic mass is 9.89. The molecule has 0 N–H and O–H groups in total. The Morgan fingerprint density at radius 2 is 0.621 bits per heavy atom. The maximum atomic E-state index is 16.5. The number of halogens is 3. The summed E-state index contributed by atoms with van der Waals surface area (Å²) in [6.45, 7) is 2.03. The van der Waals surface area contributed by atoms with Crippen LogP contribution in [0.15, 0.2) is 261 Å². The van der Waals surface area contributed by atoms with Gasteiger partial charge in [-0.1, -0.05) is 171 Å². The average molecular weight is 1230 g/mol. The predicted octanol–water partition coefficient (Wildman–Crippen LogP) is 21.1. The second-order valence-corrected chi connectivity index (χ2v) is 24.0. The largest absolute Gasteiger partial charge is 0.308 e.